The molecule has 0 aliphatic carbocycles. The van der Waals surface area contributed by atoms with E-state index < -0.39 is 0 Å². The molecule has 18 heavy (non-hydrogen) atoms. The Balaban J connectivity index is 2.34. The summed E-state index contributed by atoms with van der Waals surface area (Å²) in [6, 6.07) is 5.38. The van der Waals surface area contributed by atoms with Crippen LogP contribution in [-0.2, 0) is 0 Å². The van der Waals surface area contributed by atoms with Crippen LogP contribution in [0.3, 0.4) is 0 Å². The topological polar surface area (TPSA) is 66.6 Å². The number of rotatable bonds is 2. The minimum atomic E-state index is -0.319. The van der Waals surface area contributed by atoms with Crippen molar-refractivity contribution in [2.45, 2.75) is 26.4 Å². The van der Waals surface area contributed by atoms with Crippen molar-refractivity contribution in [3.63, 3.8) is 0 Å². The highest BCUT2D eigenvalue weighted by Crippen LogP contribution is 2.33. The molecule has 5 heteroatoms. The summed E-state index contributed by atoms with van der Waals surface area (Å²) in [5.74, 6) is 0.138. The molecule has 1 aromatic rings. The Labute approximate surface area is 106 Å². The number of piperidine rings is 1. The molecule has 2 rings (SSSR count). The van der Waals surface area contributed by atoms with Crippen LogP contribution in [0.1, 0.15) is 18.9 Å². The lowest BCUT2D eigenvalue weighted by Gasteiger charge is -2.35. The highest BCUT2D eigenvalue weighted by Gasteiger charge is 2.28. The molecule has 0 bridgehead atoms. The van der Waals surface area contributed by atoms with Crippen molar-refractivity contribution < 1.29 is 10.0 Å². The lowest BCUT2D eigenvalue weighted by molar-refractivity contribution is -0.384. The second-order valence-corrected chi connectivity index (χ2v) is 4.98. The van der Waals surface area contributed by atoms with Crippen molar-refractivity contribution >= 4 is 11.4 Å². The minimum absolute atomic E-state index is 0.138. The number of hydrogen-bond donors (Lipinski definition) is 1. The summed E-state index contributed by atoms with van der Waals surface area (Å²) in [7, 11) is 0. The number of anilines is 1. The van der Waals surface area contributed by atoms with Gasteiger partial charge in [-0.1, -0.05) is 19.1 Å². The molecular formula is C13H18N2O3. The molecule has 0 saturated carbocycles. The number of nitro groups is 1. The zero-order valence-corrected chi connectivity index (χ0v) is 10.7. The van der Waals surface area contributed by atoms with Crippen LogP contribution < -0.4 is 4.90 Å². The van der Waals surface area contributed by atoms with Gasteiger partial charge < -0.3 is 10.0 Å². The number of hydrogen-bond acceptors (Lipinski definition) is 4. The number of benzene rings is 1. The normalized spacial score (nSPS) is 24.1. The van der Waals surface area contributed by atoms with Crippen molar-refractivity contribution in [2.24, 2.45) is 5.92 Å². The summed E-state index contributed by atoms with van der Waals surface area (Å²) in [6.07, 6.45) is 0.358. The van der Waals surface area contributed by atoms with E-state index in [-0.39, 0.29) is 22.6 Å². The number of nitrogens with zero attached hydrogens (tertiary/aromatic N) is 2. The van der Waals surface area contributed by atoms with Crippen LogP contribution >= 0.6 is 0 Å². The second kappa shape index (κ2) is 4.94. The van der Waals surface area contributed by atoms with Crippen LogP contribution in [0.15, 0.2) is 18.2 Å². The molecule has 0 aromatic heterocycles. The molecule has 1 N–H and O–H groups in total. The third-order valence-electron chi connectivity index (χ3n) is 3.60. The Bertz CT molecular complexity index is 462. The van der Waals surface area contributed by atoms with Gasteiger partial charge in [0.1, 0.15) is 5.69 Å². The van der Waals surface area contributed by atoms with E-state index in [9.17, 15) is 15.2 Å². The van der Waals surface area contributed by atoms with Crippen LogP contribution in [0.4, 0.5) is 11.4 Å². The molecule has 1 aliphatic heterocycles. The number of aliphatic hydroxyl groups is 1. The number of para-hydroxylation sites is 1. The molecule has 0 spiro atoms. The van der Waals surface area contributed by atoms with Crippen LogP contribution in [0, 0.1) is 23.0 Å². The van der Waals surface area contributed by atoms with Crippen LogP contribution in [0.25, 0.3) is 0 Å². The minimum Gasteiger partial charge on any atom is -0.393 e. The van der Waals surface area contributed by atoms with Crippen LogP contribution in [0.2, 0.25) is 0 Å². The van der Waals surface area contributed by atoms with E-state index in [0.717, 1.165) is 0 Å². The second-order valence-electron chi connectivity index (χ2n) is 4.98. The van der Waals surface area contributed by atoms with E-state index in [1.54, 1.807) is 19.1 Å². The van der Waals surface area contributed by atoms with Gasteiger partial charge in [-0.15, -0.1) is 0 Å². The SMILES string of the molecule is Cc1cccc(N2CC[C@H](O)[C@H](C)C2)c1[N+](=O)[O-]. The van der Waals surface area contributed by atoms with Gasteiger partial charge in [0, 0.05) is 18.7 Å². The number of nitro benzene ring substituents is 1. The first-order valence-corrected chi connectivity index (χ1v) is 6.17. The quantitative estimate of drug-likeness (QED) is 0.645. The average molecular weight is 250 g/mol. The molecule has 0 amide bonds. The molecule has 98 valence electrons. The molecule has 1 heterocycles. The van der Waals surface area contributed by atoms with Gasteiger partial charge in [-0.3, -0.25) is 10.1 Å². The van der Waals surface area contributed by atoms with Gasteiger partial charge >= 0.3 is 0 Å². The van der Waals surface area contributed by atoms with Crippen molar-refractivity contribution in [2.75, 3.05) is 18.0 Å². The van der Waals surface area contributed by atoms with E-state index in [1.165, 1.54) is 0 Å². The first kappa shape index (κ1) is 12.8. The lowest BCUT2D eigenvalue weighted by atomic mass is 9.96. The van der Waals surface area contributed by atoms with E-state index in [4.69, 9.17) is 0 Å². The lowest BCUT2D eigenvalue weighted by Crippen LogP contribution is -2.42. The van der Waals surface area contributed by atoms with Crippen molar-refractivity contribution in [1.29, 1.82) is 0 Å². The van der Waals surface area contributed by atoms with Gasteiger partial charge in [0.05, 0.1) is 11.0 Å². The van der Waals surface area contributed by atoms with Crippen LogP contribution in [0.5, 0.6) is 0 Å². The maximum Gasteiger partial charge on any atom is 0.295 e. The standard InChI is InChI=1S/C13H18N2O3/c1-9-4-3-5-11(13(9)15(17)18)14-7-6-12(16)10(2)8-14/h3-5,10,12,16H,6-8H2,1-2H3/t10-,12+/m1/s1. The molecule has 1 aliphatic rings. The summed E-state index contributed by atoms with van der Waals surface area (Å²) in [5, 5.41) is 20.9. The Hall–Kier alpha value is -1.62. The largest absolute Gasteiger partial charge is 0.393 e. The average Bonchev–Trinajstić information content (AvgIpc) is 2.32. The molecule has 5 nitrogen and oxygen atoms in total. The van der Waals surface area contributed by atoms with E-state index in [0.29, 0.717) is 30.8 Å². The summed E-state index contributed by atoms with van der Waals surface area (Å²) < 4.78 is 0. The predicted octanol–water partition coefficient (Wildman–Crippen LogP) is 2.11. The van der Waals surface area contributed by atoms with Crippen molar-refractivity contribution in [3.8, 4) is 0 Å². The fourth-order valence-corrected chi connectivity index (χ4v) is 2.49. The fourth-order valence-electron chi connectivity index (χ4n) is 2.49. The number of aryl methyl sites for hydroxylation is 1. The monoisotopic (exact) mass is 250 g/mol. The molecule has 1 fully saturated rings. The molecule has 1 aromatic carbocycles. The Morgan fingerprint density at radius 2 is 2.22 bits per heavy atom. The molecule has 1 saturated heterocycles. The summed E-state index contributed by atoms with van der Waals surface area (Å²) in [6.45, 7) is 5.05. The van der Waals surface area contributed by atoms with Gasteiger partial charge in [-0.25, -0.2) is 0 Å². The Morgan fingerprint density at radius 3 is 2.83 bits per heavy atom. The van der Waals surface area contributed by atoms with Crippen molar-refractivity contribution in [3.05, 3.63) is 33.9 Å². The van der Waals surface area contributed by atoms with Gasteiger partial charge in [0.2, 0.25) is 0 Å². The zero-order valence-electron chi connectivity index (χ0n) is 10.7. The number of aliphatic hydroxyl groups excluding tert-OH is 1. The highest BCUT2D eigenvalue weighted by molar-refractivity contribution is 5.66. The van der Waals surface area contributed by atoms with E-state index in [2.05, 4.69) is 0 Å². The highest BCUT2D eigenvalue weighted by atomic mass is 16.6. The van der Waals surface area contributed by atoms with Gasteiger partial charge in [0.15, 0.2) is 0 Å². The first-order valence-electron chi connectivity index (χ1n) is 6.17. The summed E-state index contributed by atoms with van der Waals surface area (Å²) in [5.41, 5.74) is 1.52. The third kappa shape index (κ3) is 2.31. The first-order chi connectivity index (χ1) is 8.50. The van der Waals surface area contributed by atoms with E-state index >= 15 is 0 Å². The summed E-state index contributed by atoms with van der Waals surface area (Å²) in [4.78, 5) is 12.8. The third-order valence-corrected chi connectivity index (χ3v) is 3.60. The van der Waals surface area contributed by atoms with Gasteiger partial charge in [-0.05, 0) is 25.3 Å². The molecule has 2 atom stereocenters. The van der Waals surface area contributed by atoms with Gasteiger partial charge in [-0.2, -0.15) is 0 Å². The Kier molecular flexibility index (Phi) is 3.52. The summed E-state index contributed by atoms with van der Waals surface area (Å²) >= 11 is 0. The molecular weight excluding hydrogens is 232 g/mol. The maximum atomic E-state index is 11.2. The fraction of sp³-hybridized carbons (Fsp3) is 0.538. The molecule has 0 radical (unpaired) electrons. The predicted molar refractivity (Wildman–Crippen MR) is 69.8 cm³/mol. The zero-order chi connectivity index (χ0) is 13.3. The smallest absolute Gasteiger partial charge is 0.295 e. The van der Waals surface area contributed by atoms with E-state index in [1.807, 2.05) is 17.9 Å². The molecule has 0 unspecified atom stereocenters. The van der Waals surface area contributed by atoms with Crippen molar-refractivity contribution in [1.82, 2.24) is 0 Å². The van der Waals surface area contributed by atoms with Gasteiger partial charge in [0.25, 0.3) is 5.69 Å². The maximum absolute atomic E-state index is 11.2. The van der Waals surface area contributed by atoms with Crippen LogP contribution in [-0.4, -0.2) is 29.2 Å². The Morgan fingerprint density at radius 1 is 1.50 bits per heavy atom.